The SMILES string of the molecule is C=C(COC)NC(C)CC. The number of hydrogen-bond acceptors (Lipinski definition) is 2. The maximum atomic E-state index is 4.89. The van der Waals surface area contributed by atoms with Crippen LogP contribution in [0.3, 0.4) is 0 Å². The van der Waals surface area contributed by atoms with Crippen LogP contribution in [0.2, 0.25) is 0 Å². The highest BCUT2D eigenvalue weighted by Gasteiger charge is 1.97. The molecule has 0 saturated carbocycles. The number of methoxy groups -OCH3 is 1. The van der Waals surface area contributed by atoms with Gasteiger partial charge in [-0.15, -0.1) is 0 Å². The van der Waals surface area contributed by atoms with E-state index in [2.05, 4.69) is 25.7 Å². The summed E-state index contributed by atoms with van der Waals surface area (Å²) in [6.07, 6.45) is 1.11. The van der Waals surface area contributed by atoms with E-state index in [4.69, 9.17) is 4.74 Å². The Bertz CT molecular complexity index is 101. The second-order valence-electron chi connectivity index (χ2n) is 2.49. The molecule has 1 unspecified atom stereocenters. The molecule has 0 bridgehead atoms. The molecule has 0 aromatic carbocycles. The van der Waals surface area contributed by atoms with Crippen molar-refractivity contribution in [3.8, 4) is 0 Å². The lowest BCUT2D eigenvalue weighted by molar-refractivity contribution is 0.218. The van der Waals surface area contributed by atoms with E-state index in [1.165, 1.54) is 0 Å². The summed E-state index contributed by atoms with van der Waals surface area (Å²) in [5.41, 5.74) is 0.955. The largest absolute Gasteiger partial charge is 0.384 e. The van der Waals surface area contributed by atoms with Crippen molar-refractivity contribution in [2.45, 2.75) is 26.3 Å². The molecule has 0 aliphatic heterocycles. The van der Waals surface area contributed by atoms with Gasteiger partial charge in [0, 0.05) is 18.8 Å². The van der Waals surface area contributed by atoms with Gasteiger partial charge in [-0.1, -0.05) is 13.5 Å². The molecule has 10 heavy (non-hydrogen) atoms. The molecule has 0 amide bonds. The highest BCUT2D eigenvalue weighted by Crippen LogP contribution is 1.92. The maximum absolute atomic E-state index is 4.89. The number of nitrogens with one attached hydrogen (secondary N) is 1. The zero-order valence-corrected chi connectivity index (χ0v) is 7.11. The maximum Gasteiger partial charge on any atom is 0.0852 e. The third kappa shape index (κ3) is 4.39. The molecule has 0 aliphatic carbocycles. The Balaban J connectivity index is 3.37. The van der Waals surface area contributed by atoms with Crippen LogP contribution < -0.4 is 5.32 Å². The van der Waals surface area contributed by atoms with Crippen molar-refractivity contribution in [1.82, 2.24) is 5.32 Å². The van der Waals surface area contributed by atoms with Crippen LogP contribution in [0.25, 0.3) is 0 Å². The van der Waals surface area contributed by atoms with E-state index in [-0.39, 0.29) is 0 Å². The third-order valence-electron chi connectivity index (χ3n) is 1.38. The van der Waals surface area contributed by atoms with Gasteiger partial charge < -0.3 is 10.1 Å². The van der Waals surface area contributed by atoms with Crippen molar-refractivity contribution in [1.29, 1.82) is 0 Å². The van der Waals surface area contributed by atoms with Crippen LogP contribution in [-0.2, 0) is 4.74 Å². The van der Waals surface area contributed by atoms with Gasteiger partial charge >= 0.3 is 0 Å². The van der Waals surface area contributed by atoms with Crippen LogP contribution in [0, 0.1) is 0 Å². The molecule has 0 fully saturated rings. The van der Waals surface area contributed by atoms with Gasteiger partial charge in [-0.05, 0) is 13.3 Å². The van der Waals surface area contributed by atoms with Crippen LogP contribution in [0.15, 0.2) is 12.3 Å². The summed E-state index contributed by atoms with van der Waals surface area (Å²) >= 11 is 0. The Hall–Kier alpha value is -0.500. The molecule has 0 aromatic heterocycles. The Kier molecular flexibility index (Phi) is 5.03. The van der Waals surface area contributed by atoms with E-state index < -0.39 is 0 Å². The summed E-state index contributed by atoms with van der Waals surface area (Å²) in [5.74, 6) is 0. The van der Waals surface area contributed by atoms with E-state index in [1.807, 2.05) is 0 Å². The zero-order valence-electron chi connectivity index (χ0n) is 7.11. The first-order valence-corrected chi connectivity index (χ1v) is 3.64. The summed E-state index contributed by atoms with van der Waals surface area (Å²) in [6.45, 7) is 8.66. The fourth-order valence-corrected chi connectivity index (χ4v) is 0.666. The number of hydrogen-bond donors (Lipinski definition) is 1. The zero-order chi connectivity index (χ0) is 7.98. The molecule has 1 N–H and O–H groups in total. The summed E-state index contributed by atoms with van der Waals surface area (Å²) < 4.78 is 4.89. The van der Waals surface area contributed by atoms with Gasteiger partial charge in [-0.25, -0.2) is 0 Å². The molecule has 0 aliphatic rings. The standard InChI is InChI=1S/C8H17NO/c1-5-7(2)9-8(3)6-10-4/h7,9H,3,5-6H2,1-2,4H3. The van der Waals surface area contributed by atoms with Crippen molar-refractivity contribution in [2.75, 3.05) is 13.7 Å². The van der Waals surface area contributed by atoms with Crippen molar-refractivity contribution < 1.29 is 4.74 Å². The second-order valence-corrected chi connectivity index (χ2v) is 2.49. The minimum absolute atomic E-state index is 0.502. The highest BCUT2D eigenvalue weighted by molar-refractivity contribution is 4.92. The lowest BCUT2D eigenvalue weighted by Gasteiger charge is -2.14. The first kappa shape index (κ1) is 9.50. The fourth-order valence-electron chi connectivity index (χ4n) is 0.666. The van der Waals surface area contributed by atoms with E-state index in [9.17, 15) is 0 Å². The molecular formula is C8H17NO. The average Bonchev–Trinajstić information content (AvgIpc) is 1.88. The first-order valence-electron chi connectivity index (χ1n) is 3.64. The second kappa shape index (κ2) is 5.30. The highest BCUT2D eigenvalue weighted by atomic mass is 16.5. The molecule has 0 aromatic rings. The summed E-state index contributed by atoms with van der Waals surface area (Å²) in [5, 5.41) is 3.21. The van der Waals surface area contributed by atoms with E-state index >= 15 is 0 Å². The van der Waals surface area contributed by atoms with E-state index in [0.717, 1.165) is 12.1 Å². The van der Waals surface area contributed by atoms with Crippen LogP contribution in [0.4, 0.5) is 0 Å². The topological polar surface area (TPSA) is 21.3 Å². The predicted octanol–water partition coefficient (Wildman–Crippen LogP) is 1.53. The van der Waals surface area contributed by atoms with Crippen molar-refractivity contribution in [3.63, 3.8) is 0 Å². The quantitative estimate of drug-likeness (QED) is 0.630. The Morgan fingerprint density at radius 2 is 2.30 bits per heavy atom. The molecule has 0 heterocycles. The molecule has 1 atom stereocenters. The van der Waals surface area contributed by atoms with Crippen LogP contribution in [0.5, 0.6) is 0 Å². The molecule has 0 saturated heterocycles. The Morgan fingerprint density at radius 1 is 1.70 bits per heavy atom. The van der Waals surface area contributed by atoms with Gasteiger partial charge in [0.2, 0.25) is 0 Å². The van der Waals surface area contributed by atoms with Crippen molar-refractivity contribution in [3.05, 3.63) is 12.3 Å². The van der Waals surface area contributed by atoms with Crippen molar-refractivity contribution in [2.24, 2.45) is 0 Å². The summed E-state index contributed by atoms with van der Waals surface area (Å²) in [7, 11) is 1.67. The Morgan fingerprint density at radius 3 is 2.70 bits per heavy atom. The lowest BCUT2D eigenvalue weighted by Crippen LogP contribution is -2.25. The average molecular weight is 143 g/mol. The molecule has 60 valence electrons. The lowest BCUT2D eigenvalue weighted by atomic mass is 10.2. The molecule has 0 rings (SSSR count). The van der Waals surface area contributed by atoms with E-state index in [1.54, 1.807) is 7.11 Å². The van der Waals surface area contributed by atoms with Gasteiger partial charge in [0.25, 0.3) is 0 Å². The monoisotopic (exact) mass is 143 g/mol. The molecule has 0 spiro atoms. The van der Waals surface area contributed by atoms with Crippen LogP contribution >= 0.6 is 0 Å². The molecule has 2 heteroatoms. The minimum atomic E-state index is 0.502. The predicted molar refractivity (Wildman–Crippen MR) is 43.9 cm³/mol. The first-order chi connectivity index (χ1) is 4.70. The van der Waals surface area contributed by atoms with Crippen LogP contribution in [0.1, 0.15) is 20.3 Å². The molecule has 0 radical (unpaired) electrons. The van der Waals surface area contributed by atoms with Gasteiger partial charge in [0.15, 0.2) is 0 Å². The molecular weight excluding hydrogens is 126 g/mol. The normalized spacial score (nSPS) is 12.7. The van der Waals surface area contributed by atoms with Crippen LogP contribution in [-0.4, -0.2) is 19.8 Å². The third-order valence-corrected chi connectivity index (χ3v) is 1.38. The number of ether oxygens (including phenoxy) is 1. The Labute approximate surface area is 63.3 Å². The minimum Gasteiger partial charge on any atom is -0.384 e. The number of rotatable bonds is 5. The van der Waals surface area contributed by atoms with Gasteiger partial charge in [0.1, 0.15) is 0 Å². The summed E-state index contributed by atoms with van der Waals surface area (Å²) in [4.78, 5) is 0. The van der Waals surface area contributed by atoms with Gasteiger partial charge in [-0.3, -0.25) is 0 Å². The fraction of sp³-hybridized carbons (Fsp3) is 0.750. The summed E-state index contributed by atoms with van der Waals surface area (Å²) in [6, 6.07) is 0.502. The van der Waals surface area contributed by atoms with Gasteiger partial charge in [0.05, 0.1) is 6.61 Å². The van der Waals surface area contributed by atoms with Gasteiger partial charge in [-0.2, -0.15) is 0 Å². The smallest absolute Gasteiger partial charge is 0.0852 e. The van der Waals surface area contributed by atoms with Crippen molar-refractivity contribution >= 4 is 0 Å². The molecule has 2 nitrogen and oxygen atoms in total. The van der Waals surface area contributed by atoms with E-state index in [0.29, 0.717) is 12.6 Å².